The van der Waals surface area contributed by atoms with Gasteiger partial charge in [0.05, 0.1) is 30.0 Å². The maximum atomic E-state index is 13.9. The molecule has 0 aromatic rings. The van der Waals surface area contributed by atoms with Gasteiger partial charge in [-0.2, -0.15) is 0 Å². The molecular formula is C26H40O8. The van der Waals surface area contributed by atoms with Gasteiger partial charge in [0.2, 0.25) is 0 Å². The third-order valence-electron chi connectivity index (χ3n) is 10.3. The summed E-state index contributed by atoms with van der Waals surface area (Å²) in [5.41, 5.74) is -5.75. The lowest BCUT2D eigenvalue weighted by molar-refractivity contribution is -0.264. The van der Waals surface area contributed by atoms with E-state index in [2.05, 4.69) is 27.7 Å². The molecule has 10 atom stereocenters. The number of epoxide rings is 3. The van der Waals surface area contributed by atoms with Crippen LogP contribution in [0.2, 0.25) is 0 Å². The van der Waals surface area contributed by atoms with Crippen molar-refractivity contribution >= 4 is 5.78 Å². The van der Waals surface area contributed by atoms with Crippen molar-refractivity contribution in [3.05, 3.63) is 0 Å². The lowest BCUT2D eigenvalue weighted by atomic mass is 9.45. The zero-order valence-corrected chi connectivity index (χ0v) is 21.7. The maximum absolute atomic E-state index is 13.9. The average Bonchev–Trinajstić information content (AvgIpc) is 3.63. The fourth-order valence-electron chi connectivity index (χ4n) is 8.56. The van der Waals surface area contributed by atoms with Crippen LogP contribution >= 0.6 is 0 Å². The van der Waals surface area contributed by atoms with E-state index in [1.807, 2.05) is 20.8 Å². The van der Waals surface area contributed by atoms with E-state index < -0.39 is 39.8 Å². The molecule has 6 fully saturated rings. The van der Waals surface area contributed by atoms with Crippen LogP contribution in [0.25, 0.3) is 0 Å². The van der Waals surface area contributed by atoms with Crippen LogP contribution in [0.3, 0.4) is 0 Å². The molecule has 1 N–H and O–H groups in total. The molecule has 3 saturated heterocycles. The van der Waals surface area contributed by atoms with Gasteiger partial charge in [-0.1, -0.05) is 20.8 Å². The molecule has 0 aromatic carbocycles. The van der Waals surface area contributed by atoms with Gasteiger partial charge in [-0.25, -0.2) is 0 Å². The molecule has 8 nitrogen and oxygen atoms in total. The van der Waals surface area contributed by atoms with E-state index in [0.717, 1.165) is 12.8 Å². The van der Waals surface area contributed by atoms with Crippen molar-refractivity contribution < 1.29 is 38.3 Å². The summed E-state index contributed by atoms with van der Waals surface area (Å²) < 4.78 is 37.1. The van der Waals surface area contributed by atoms with Crippen LogP contribution in [0.1, 0.15) is 67.7 Å². The van der Waals surface area contributed by atoms with Gasteiger partial charge in [-0.05, 0) is 47.0 Å². The molecule has 8 heteroatoms. The van der Waals surface area contributed by atoms with Gasteiger partial charge in [-0.3, -0.25) is 4.79 Å². The predicted molar refractivity (Wildman–Crippen MR) is 120 cm³/mol. The van der Waals surface area contributed by atoms with Crippen LogP contribution < -0.4 is 0 Å². The van der Waals surface area contributed by atoms with E-state index in [1.165, 1.54) is 0 Å². The third-order valence-corrected chi connectivity index (χ3v) is 10.3. The van der Waals surface area contributed by atoms with Crippen molar-refractivity contribution in [2.45, 2.75) is 120 Å². The summed E-state index contributed by atoms with van der Waals surface area (Å²) in [5.74, 6) is -0.121. The van der Waals surface area contributed by atoms with Crippen LogP contribution in [0, 0.1) is 16.7 Å². The number of hydrogen-bond acceptors (Lipinski definition) is 8. The Morgan fingerprint density at radius 1 is 1.12 bits per heavy atom. The van der Waals surface area contributed by atoms with E-state index in [0.29, 0.717) is 13.0 Å². The number of hydrogen-bond donors (Lipinski definition) is 1. The molecule has 2 spiro atoms. The van der Waals surface area contributed by atoms with E-state index in [-0.39, 0.29) is 41.9 Å². The summed E-state index contributed by atoms with van der Waals surface area (Å²) in [6, 6.07) is 0. The first-order chi connectivity index (χ1) is 15.6. The molecule has 34 heavy (non-hydrogen) atoms. The lowest BCUT2D eigenvalue weighted by Crippen LogP contribution is -2.76. The molecule has 2 bridgehead atoms. The summed E-state index contributed by atoms with van der Waals surface area (Å²) in [7, 11) is 1.58. The molecule has 0 unspecified atom stereocenters. The van der Waals surface area contributed by atoms with Crippen LogP contribution in [-0.4, -0.2) is 83.8 Å². The van der Waals surface area contributed by atoms with Gasteiger partial charge in [-0.15, -0.1) is 0 Å². The molecule has 6 aliphatic rings. The Morgan fingerprint density at radius 2 is 1.79 bits per heavy atom. The molecule has 3 heterocycles. The summed E-state index contributed by atoms with van der Waals surface area (Å²) in [5, 5.41) is 12.7. The van der Waals surface area contributed by atoms with Crippen molar-refractivity contribution in [2.75, 3.05) is 20.5 Å². The van der Waals surface area contributed by atoms with Gasteiger partial charge in [0, 0.05) is 23.9 Å². The second kappa shape index (κ2) is 6.44. The Balaban J connectivity index is 1.54. The van der Waals surface area contributed by atoms with Gasteiger partial charge in [0.1, 0.15) is 24.1 Å². The Morgan fingerprint density at radius 3 is 2.38 bits per heavy atom. The Labute approximate surface area is 201 Å². The monoisotopic (exact) mass is 480 g/mol. The minimum atomic E-state index is -1.47. The molecule has 3 aliphatic heterocycles. The highest BCUT2D eigenvalue weighted by Crippen LogP contribution is 2.76. The number of rotatable bonds is 4. The van der Waals surface area contributed by atoms with Gasteiger partial charge >= 0.3 is 0 Å². The van der Waals surface area contributed by atoms with Crippen LogP contribution in [-0.2, 0) is 33.2 Å². The van der Waals surface area contributed by atoms with Crippen molar-refractivity contribution in [1.29, 1.82) is 0 Å². The number of Topliss-reactive ketones (excluding diaryl/α,β-unsaturated/α-hetero) is 1. The van der Waals surface area contributed by atoms with Crippen molar-refractivity contribution in [2.24, 2.45) is 16.7 Å². The Bertz CT molecular complexity index is 922. The second-order valence-electron chi connectivity index (χ2n) is 13.5. The number of ether oxygens (including phenoxy) is 6. The number of carbonyl (C=O) groups is 1. The highest BCUT2D eigenvalue weighted by molar-refractivity contribution is 6.00. The second-order valence-corrected chi connectivity index (χ2v) is 13.5. The van der Waals surface area contributed by atoms with Gasteiger partial charge in [0.15, 0.2) is 17.5 Å². The molecule has 0 aromatic heterocycles. The number of aliphatic hydroxyl groups is 1. The first kappa shape index (κ1) is 23.8. The van der Waals surface area contributed by atoms with E-state index in [1.54, 1.807) is 7.11 Å². The standard InChI is InChI=1S/C26H40O8/c1-20(2,3)32-14-9-10-24(12-31-24)16-18-25(34-18)17(27)19-23(7,33-19)26(28,21(25,4)5)15(30-13-29-8)11-22(14,16)6/h14-16,18-19,28H,9-13H2,1-8H3/t14-,15+,16+,18+,19-,22+,23-,24+,25+,26-/m0/s1. The molecule has 0 radical (unpaired) electrons. The molecule has 3 aliphatic carbocycles. The zero-order valence-electron chi connectivity index (χ0n) is 21.7. The van der Waals surface area contributed by atoms with Crippen molar-refractivity contribution in [3.63, 3.8) is 0 Å². The molecule has 192 valence electrons. The first-order valence-electron chi connectivity index (χ1n) is 12.7. The fraction of sp³-hybridized carbons (Fsp3) is 0.962. The highest BCUT2D eigenvalue weighted by atomic mass is 16.7. The molecular weight excluding hydrogens is 440 g/mol. The Hall–Kier alpha value is -0.610. The first-order valence-corrected chi connectivity index (χ1v) is 12.7. The summed E-state index contributed by atoms with van der Waals surface area (Å²) in [6.45, 7) is 14.8. The maximum Gasteiger partial charge on any atom is 0.199 e. The van der Waals surface area contributed by atoms with E-state index >= 15 is 0 Å². The number of methoxy groups -OCH3 is 1. The molecule has 0 amide bonds. The molecule has 6 rings (SSSR count). The zero-order chi connectivity index (χ0) is 24.7. The topological polar surface area (TPSA) is 103 Å². The van der Waals surface area contributed by atoms with Crippen molar-refractivity contribution in [1.82, 2.24) is 0 Å². The minimum Gasteiger partial charge on any atom is -0.383 e. The third kappa shape index (κ3) is 2.51. The number of ketones is 1. The van der Waals surface area contributed by atoms with Crippen LogP contribution in [0.5, 0.6) is 0 Å². The van der Waals surface area contributed by atoms with Gasteiger partial charge < -0.3 is 33.5 Å². The van der Waals surface area contributed by atoms with Crippen LogP contribution in [0.15, 0.2) is 0 Å². The fourth-order valence-corrected chi connectivity index (χ4v) is 8.56. The quantitative estimate of drug-likeness (QED) is 0.483. The summed E-state index contributed by atoms with van der Waals surface area (Å²) in [6.07, 6.45) is 0.402. The predicted octanol–water partition coefficient (Wildman–Crippen LogP) is 2.38. The normalized spacial score (nSPS) is 56.6. The SMILES string of the molecule is COCO[C@@H]1C[C@]2(C)[C@@H](OC(C)(C)C)CC[C@@]3(CO3)[C@@H]2[C@H]2O[C@]23C(=O)[C@@H]2O[C@]2(C)[C@@]1(O)C3(C)C. The number of carbonyl (C=O) groups excluding carboxylic acids is 1. The lowest BCUT2D eigenvalue weighted by Gasteiger charge is -2.60. The number of fused-ring (bicyclic) bond motifs is 6. The van der Waals surface area contributed by atoms with E-state index in [9.17, 15) is 9.90 Å². The summed E-state index contributed by atoms with van der Waals surface area (Å²) in [4.78, 5) is 13.9. The Kier molecular flexibility index (Phi) is 4.50. The highest BCUT2D eigenvalue weighted by Gasteiger charge is 2.94. The molecule has 3 saturated carbocycles. The largest absolute Gasteiger partial charge is 0.383 e. The average molecular weight is 481 g/mol. The minimum absolute atomic E-state index is 0.0300. The van der Waals surface area contributed by atoms with E-state index in [4.69, 9.17) is 28.4 Å². The van der Waals surface area contributed by atoms with Crippen molar-refractivity contribution in [3.8, 4) is 0 Å². The van der Waals surface area contributed by atoms with Gasteiger partial charge in [0.25, 0.3) is 0 Å². The summed E-state index contributed by atoms with van der Waals surface area (Å²) >= 11 is 0. The smallest absolute Gasteiger partial charge is 0.199 e. The van der Waals surface area contributed by atoms with Crippen LogP contribution in [0.4, 0.5) is 0 Å².